The van der Waals surface area contributed by atoms with Crippen LogP contribution in [0.1, 0.15) is 47.1 Å². The third kappa shape index (κ3) is 3.74. The number of carbonyl (C=O) groups is 2. The van der Waals surface area contributed by atoms with Gasteiger partial charge in [-0.3, -0.25) is 14.9 Å². The molecule has 130 valence electrons. The molecule has 1 unspecified atom stereocenters. The Morgan fingerprint density at radius 2 is 1.88 bits per heavy atom. The van der Waals surface area contributed by atoms with Crippen molar-refractivity contribution >= 4 is 34.0 Å². The van der Waals surface area contributed by atoms with E-state index in [1.54, 1.807) is 35.6 Å². The first-order valence-corrected chi connectivity index (χ1v) is 9.61. The summed E-state index contributed by atoms with van der Waals surface area (Å²) < 4.78 is 0. The summed E-state index contributed by atoms with van der Waals surface area (Å²) in [6.07, 6.45) is 5.17. The van der Waals surface area contributed by atoms with Crippen LogP contribution in [0.2, 0.25) is 0 Å². The Labute approximate surface area is 150 Å². The van der Waals surface area contributed by atoms with Crippen molar-refractivity contribution in [3.05, 3.63) is 40.4 Å². The highest BCUT2D eigenvalue weighted by atomic mass is 32.1. The number of hydrogen-bond donors (Lipinski definition) is 2. The minimum absolute atomic E-state index is 0.0693. The molecule has 1 aromatic heterocycles. The standard InChI is InChI=1S/C19H21N3O2S/c1-11-2-9-15-16(10-11)25-19(21-15)22-18(24)13-5-7-14(8-6-13)20-17(23)12-3-4-12/h5-8,11-12H,2-4,9-10H2,1H3,(H,20,23)(H,21,22,24). The number of rotatable bonds is 4. The highest BCUT2D eigenvalue weighted by Gasteiger charge is 2.29. The molecule has 0 bridgehead atoms. The van der Waals surface area contributed by atoms with Crippen molar-refractivity contribution in [3.63, 3.8) is 0 Å². The maximum atomic E-state index is 12.4. The van der Waals surface area contributed by atoms with Crippen molar-refractivity contribution < 1.29 is 9.59 Å². The van der Waals surface area contributed by atoms with Crippen LogP contribution in [0.3, 0.4) is 0 Å². The van der Waals surface area contributed by atoms with E-state index in [1.807, 2.05) is 0 Å². The summed E-state index contributed by atoms with van der Waals surface area (Å²) in [5, 5.41) is 6.45. The molecule has 2 aromatic rings. The summed E-state index contributed by atoms with van der Waals surface area (Å²) in [5.41, 5.74) is 2.43. The monoisotopic (exact) mass is 355 g/mol. The third-order valence-electron chi connectivity index (χ3n) is 4.77. The molecule has 1 heterocycles. The molecule has 0 saturated heterocycles. The van der Waals surface area contributed by atoms with Gasteiger partial charge in [0.2, 0.25) is 5.91 Å². The molecule has 1 saturated carbocycles. The van der Waals surface area contributed by atoms with Crippen LogP contribution in [-0.2, 0) is 17.6 Å². The zero-order valence-electron chi connectivity index (χ0n) is 14.2. The Kier molecular flexibility index (Phi) is 4.29. The topological polar surface area (TPSA) is 71.1 Å². The van der Waals surface area contributed by atoms with Gasteiger partial charge in [-0.05, 0) is 62.3 Å². The predicted molar refractivity (Wildman–Crippen MR) is 99.1 cm³/mol. The second-order valence-corrected chi connectivity index (χ2v) is 8.12. The van der Waals surface area contributed by atoms with Crippen LogP contribution in [0.15, 0.2) is 24.3 Å². The highest BCUT2D eigenvalue weighted by Crippen LogP contribution is 2.32. The molecule has 4 rings (SSSR count). The Hall–Kier alpha value is -2.21. The van der Waals surface area contributed by atoms with Gasteiger partial charge in [0.15, 0.2) is 5.13 Å². The zero-order chi connectivity index (χ0) is 17.4. The number of amides is 2. The number of thiazole rings is 1. The lowest BCUT2D eigenvalue weighted by atomic mass is 9.93. The molecule has 2 aliphatic rings. The van der Waals surface area contributed by atoms with E-state index in [-0.39, 0.29) is 17.7 Å². The van der Waals surface area contributed by atoms with E-state index < -0.39 is 0 Å². The average Bonchev–Trinajstić information content (AvgIpc) is 3.37. The number of nitrogens with one attached hydrogen (secondary N) is 2. The van der Waals surface area contributed by atoms with Crippen molar-refractivity contribution in [1.82, 2.24) is 4.98 Å². The molecule has 2 aliphatic carbocycles. The zero-order valence-corrected chi connectivity index (χ0v) is 15.0. The van der Waals surface area contributed by atoms with Gasteiger partial charge in [-0.15, -0.1) is 11.3 Å². The first-order chi connectivity index (χ1) is 12.1. The van der Waals surface area contributed by atoms with E-state index in [1.165, 1.54) is 4.88 Å². The van der Waals surface area contributed by atoms with E-state index in [0.29, 0.717) is 16.6 Å². The minimum atomic E-state index is -0.167. The minimum Gasteiger partial charge on any atom is -0.326 e. The molecule has 0 radical (unpaired) electrons. The molecule has 25 heavy (non-hydrogen) atoms. The quantitative estimate of drug-likeness (QED) is 0.874. The Morgan fingerprint density at radius 1 is 1.12 bits per heavy atom. The lowest BCUT2D eigenvalue weighted by Gasteiger charge is -2.15. The largest absolute Gasteiger partial charge is 0.326 e. The summed E-state index contributed by atoms with van der Waals surface area (Å²) >= 11 is 1.58. The molecular formula is C19H21N3O2S. The van der Waals surface area contributed by atoms with Crippen molar-refractivity contribution in [1.29, 1.82) is 0 Å². The number of hydrogen-bond acceptors (Lipinski definition) is 4. The maximum Gasteiger partial charge on any atom is 0.257 e. The normalized spacial score (nSPS) is 19.2. The van der Waals surface area contributed by atoms with Gasteiger partial charge in [0, 0.05) is 22.0 Å². The number of carbonyl (C=O) groups excluding carboxylic acids is 2. The van der Waals surface area contributed by atoms with Crippen molar-refractivity contribution in [2.45, 2.75) is 39.0 Å². The fraction of sp³-hybridized carbons (Fsp3) is 0.421. The number of benzene rings is 1. The summed E-state index contributed by atoms with van der Waals surface area (Å²) in [7, 11) is 0. The van der Waals surface area contributed by atoms with Gasteiger partial charge in [0.1, 0.15) is 0 Å². The first kappa shape index (κ1) is 16.3. The van der Waals surface area contributed by atoms with Gasteiger partial charge < -0.3 is 5.32 Å². The number of nitrogens with zero attached hydrogens (tertiary/aromatic N) is 1. The second kappa shape index (κ2) is 6.59. The fourth-order valence-electron chi connectivity index (χ4n) is 3.06. The summed E-state index contributed by atoms with van der Waals surface area (Å²) in [4.78, 5) is 30.0. The van der Waals surface area contributed by atoms with Gasteiger partial charge in [-0.25, -0.2) is 4.98 Å². The number of aryl methyl sites for hydroxylation is 1. The molecule has 1 fully saturated rings. The SMILES string of the molecule is CC1CCc2nc(NC(=O)c3ccc(NC(=O)C4CC4)cc3)sc2C1. The summed E-state index contributed by atoms with van der Waals surface area (Å²) in [5.74, 6) is 0.760. The van der Waals surface area contributed by atoms with Gasteiger partial charge in [-0.2, -0.15) is 0 Å². The molecule has 2 amide bonds. The molecule has 1 atom stereocenters. The Bertz CT molecular complexity index is 809. The van der Waals surface area contributed by atoms with Crippen molar-refractivity contribution in [2.75, 3.05) is 10.6 Å². The van der Waals surface area contributed by atoms with E-state index >= 15 is 0 Å². The molecule has 1 aromatic carbocycles. The van der Waals surface area contributed by atoms with Gasteiger partial charge in [-0.1, -0.05) is 6.92 Å². The molecule has 5 nitrogen and oxygen atoms in total. The van der Waals surface area contributed by atoms with E-state index in [0.717, 1.165) is 43.5 Å². The maximum absolute atomic E-state index is 12.4. The van der Waals surface area contributed by atoms with Crippen molar-refractivity contribution in [2.24, 2.45) is 11.8 Å². The fourth-order valence-corrected chi connectivity index (χ4v) is 4.22. The third-order valence-corrected chi connectivity index (χ3v) is 5.80. The number of aromatic nitrogens is 1. The van der Waals surface area contributed by atoms with Gasteiger partial charge in [0.05, 0.1) is 5.69 Å². The van der Waals surface area contributed by atoms with E-state index in [9.17, 15) is 9.59 Å². The van der Waals surface area contributed by atoms with E-state index in [4.69, 9.17) is 0 Å². The van der Waals surface area contributed by atoms with Gasteiger partial charge in [0.25, 0.3) is 5.91 Å². The summed E-state index contributed by atoms with van der Waals surface area (Å²) in [6.45, 7) is 2.25. The van der Waals surface area contributed by atoms with Crippen LogP contribution in [-0.4, -0.2) is 16.8 Å². The second-order valence-electron chi connectivity index (χ2n) is 7.03. The molecule has 0 spiro atoms. The van der Waals surface area contributed by atoms with E-state index in [2.05, 4.69) is 22.5 Å². The number of fused-ring (bicyclic) bond motifs is 1. The lowest BCUT2D eigenvalue weighted by Crippen LogP contribution is -2.14. The predicted octanol–water partition coefficient (Wildman–Crippen LogP) is 3.87. The van der Waals surface area contributed by atoms with Crippen LogP contribution in [0.5, 0.6) is 0 Å². The Morgan fingerprint density at radius 3 is 2.60 bits per heavy atom. The van der Waals surface area contributed by atoms with Gasteiger partial charge >= 0.3 is 0 Å². The van der Waals surface area contributed by atoms with Crippen LogP contribution in [0, 0.1) is 11.8 Å². The van der Waals surface area contributed by atoms with Crippen LogP contribution in [0.4, 0.5) is 10.8 Å². The average molecular weight is 355 g/mol. The van der Waals surface area contributed by atoms with Crippen LogP contribution < -0.4 is 10.6 Å². The Balaban J connectivity index is 1.40. The lowest BCUT2D eigenvalue weighted by molar-refractivity contribution is -0.117. The summed E-state index contributed by atoms with van der Waals surface area (Å²) in [6, 6.07) is 6.99. The smallest absolute Gasteiger partial charge is 0.257 e. The molecular weight excluding hydrogens is 334 g/mol. The molecule has 0 aliphatic heterocycles. The molecule has 6 heteroatoms. The van der Waals surface area contributed by atoms with Crippen LogP contribution >= 0.6 is 11.3 Å². The number of anilines is 2. The highest BCUT2D eigenvalue weighted by molar-refractivity contribution is 7.15. The van der Waals surface area contributed by atoms with Crippen molar-refractivity contribution in [3.8, 4) is 0 Å². The van der Waals surface area contributed by atoms with Crippen LogP contribution in [0.25, 0.3) is 0 Å². The first-order valence-electron chi connectivity index (χ1n) is 8.79. The molecule has 2 N–H and O–H groups in total.